The minimum Gasteiger partial charge on any atom is -0.301 e. The van der Waals surface area contributed by atoms with E-state index in [2.05, 4.69) is 27.5 Å². The average molecular weight is 244 g/mol. The first kappa shape index (κ1) is 10.7. The van der Waals surface area contributed by atoms with Gasteiger partial charge >= 0.3 is 0 Å². The summed E-state index contributed by atoms with van der Waals surface area (Å²) in [6.45, 7) is 3.56. The molecule has 13 heavy (non-hydrogen) atoms. The molecule has 0 aliphatic carbocycles. The number of rotatable bonds is 5. The molecule has 2 nitrogen and oxygen atoms in total. The van der Waals surface area contributed by atoms with Crippen molar-refractivity contribution in [3.63, 3.8) is 0 Å². The Bertz CT molecular complexity index is 252. The molecular formula is C10H14BrNO. The number of halogens is 1. The van der Waals surface area contributed by atoms with E-state index in [0.717, 1.165) is 17.4 Å². The second-order valence-corrected chi connectivity index (χ2v) is 3.54. The van der Waals surface area contributed by atoms with E-state index in [1.165, 1.54) is 5.56 Å². The largest absolute Gasteiger partial charge is 0.301 e. The summed E-state index contributed by atoms with van der Waals surface area (Å²) < 4.78 is 1.15. The van der Waals surface area contributed by atoms with Crippen LogP contribution in [0, 0.1) is 0 Å². The molecule has 0 saturated heterocycles. The van der Waals surface area contributed by atoms with Crippen molar-refractivity contribution < 1.29 is 4.84 Å². The third-order valence-electron chi connectivity index (χ3n) is 1.68. The summed E-state index contributed by atoms with van der Waals surface area (Å²) in [6, 6.07) is 8.19. The minimum absolute atomic E-state index is 0.705. The lowest BCUT2D eigenvalue weighted by Crippen LogP contribution is -2.15. The summed E-state index contributed by atoms with van der Waals surface area (Å²) in [5.41, 5.74) is 4.10. The molecule has 0 amide bonds. The summed E-state index contributed by atoms with van der Waals surface area (Å²) in [7, 11) is 0. The summed E-state index contributed by atoms with van der Waals surface area (Å²) in [6.07, 6.45) is 0.925. The van der Waals surface area contributed by atoms with Crippen LogP contribution in [-0.2, 0) is 11.3 Å². The van der Waals surface area contributed by atoms with Gasteiger partial charge in [-0.15, -0.1) is 0 Å². The zero-order valence-electron chi connectivity index (χ0n) is 7.72. The predicted molar refractivity (Wildman–Crippen MR) is 57.5 cm³/mol. The van der Waals surface area contributed by atoms with Gasteiger partial charge < -0.3 is 4.84 Å². The van der Waals surface area contributed by atoms with E-state index in [-0.39, 0.29) is 0 Å². The van der Waals surface area contributed by atoms with Gasteiger partial charge in [-0.25, -0.2) is 5.48 Å². The monoisotopic (exact) mass is 243 g/mol. The second kappa shape index (κ2) is 6.13. The van der Waals surface area contributed by atoms with Crippen LogP contribution < -0.4 is 5.48 Å². The van der Waals surface area contributed by atoms with Crippen LogP contribution in [0.3, 0.4) is 0 Å². The molecular weight excluding hydrogens is 230 g/mol. The molecule has 0 saturated carbocycles. The Hall–Kier alpha value is -0.380. The lowest BCUT2D eigenvalue weighted by Gasteiger charge is -2.04. The molecule has 0 fully saturated rings. The first-order valence-corrected chi connectivity index (χ1v) is 5.22. The summed E-state index contributed by atoms with van der Waals surface area (Å²) in [4.78, 5) is 5.17. The summed E-state index contributed by atoms with van der Waals surface area (Å²) >= 11 is 3.49. The molecule has 0 aliphatic heterocycles. The average Bonchev–Trinajstić information content (AvgIpc) is 2.15. The van der Waals surface area contributed by atoms with Crippen molar-refractivity contribution in [1.29, 1.82) is 0 Å². The number of hydrogen-bond acceptors (Lipinski definition) is 2. The van der Waals surface area contributed by atoms with E-state index in [1.807, 2.05) is 25.1 Å². The van der Waals surface area contributed by atoms with E-state index in [4.69, 9.17) is 4.84 Å². The fourth-order valence-corrected chi connectivity index (χ4v) is 1.52. The van der Waals surface area contributed by atoms with Crippen molar-refractivity contribution in [2.45, 2.75) is 13.3 Å². The van der Waals surface area contributed by atoms with Crippen molar-refractivity contribution in [2.75, 3.05) is 13.2 Å². The van der Waals surface area contributed by atoms with Gasteiger partial charge in [0.1, 0.15) is 0 Å². The lowest BCUT2D eigenvalue weighted by atomic mass is 10.2. The number of hydroxylamine groups is 1. The molecule has 0 unspecified atom stereocenters. The quantitative estimate of drug-likeness (QED) is 0.634. The second-order valence-electron chi connectivity index (χ2n) is 2.69. The number of nitrogens with one attached hydrogen (secondary N) is 1. The molecule has 0 spiro atoms. The molecule has 0 aromatic heterocycles. The molecule has 0 radical (unpaired) electrons. The molecule has 1 rings (SSSR count). The van der Waals surface area contributed by atoms with Gasteiger partial charge in [0, 0.05) is 11.0 Å². The third-order valence-corrected chi connectivity index (χ3v) is 2.45. The molecule has 1 N–H and O–H groups in total. The van der Waals surface area contributed by atoms with Crippen LogP contribution in [0.15, 0.2) is 28.7 Å². The zero-order chi connectivity index (χ0) is 9.52. The molecule has 0 atom stereocenters. The van der Waals surface area contributed by atoms with Crippen molar-refractivity contribution >= 4 is 15.9 Å². The topological polar surface area (TPSA) is 21.3 Å². The van der Waals surface area contributed by atoms with Crippen LogP contribution in [0.2, 0.25) is 0 Å². The first-order valence-electron chi connectivity index (χ1n) is 4.42. The predicted octanol–water partition coefficient (Wildman–Crippen LogP) is 2.53. The van der Waals surface area contributed by atoms with Crippen LogP contribution in [0.1, 0.15) is 12.5 Å². The van der Waals surface area contributed by atoms with Gasteiger partial charge in [-0.2, -0.15) is 0 Å². The smallest absolute Gasteiger partial charge is 0.0722 e. The number of hydrogen-bond donors (Lipinski definition) is 1. The summed E-state index contributed by atoms with van der Waals surface area (Å²) in [5.74, 6) is 0. The maximum absolute atomic E-state index is 5.17. The van der Waals surface area contributed by atoms with Crippen LogP contribution in [0.5, 0.6) is 0 Å². The first-order chi connectivity index (χ1) is 6.34. The Balaban J connectivity index is 2.32. The maximum Gasteiger partial charge on any atom is 0.0722 e. The molecule has 0 bridgehead atoms. The minimum atomic E-state index is 0.705. The van der Waals surface area contributed by atoms with Gasteiger partial charge in [0.25, 0.3) is 0 Å². The summed E-state index contributed by atoms with van der Waals surface area (Å²) in [5, 5.41) is 0. The van der Waals surface area contributed by atoms with Crippen molar-refractivity contribution in [3.05, 3.63) is 34.3 Å². The number of benzene rings is 1. The molecule has 0 heterocycles. The van der Waals surface area contributed by atoms with Gasteiger partial charge in [-0.1, -0.05) is 41.1 Å². The van der Waals surface area contributed by atoms with E-state index in [9.17, 15) is 0 Å². The Morgan fingerprint density at radius 2 is 2.15 bits per heavy atom. The Morgan fingerprint density at radius 3 is 2.85 bits per heavy atom. The van der Waals surface area contributed by atoms with Gasteiger partial charge in [0.15, 0.2) is 0 Å². The van der Waals surface area contributed by atoms with E-state index < -0.39 is 0 Å². The van der Waals surface area contributed by atoms with Gasteiger partial charge in [0.05, 0.1) is 6.61 Å². The van der Waals surface area contributed by atoms with Gasteiger partial charge in [0.2, 0.25) is 0 Å². The van der Waals surface area contributed by atoms with Crippen LogP contribution in [0.25, 0.3) is 0 Å². The van der Waals surface area contributed by atoms with Gasteiger partial charge in [-0.3, -0.25) is 0 Å². The Morgan fingerprint density at radius 1 is 1.38 bits per heavy atom. The standard InChI is InChI=1S/C10H14BrNO/c1-2-12-13-8-7-9-5-3-4-6-10(9)11/h3-6,12H,2,7-8H2,1H3. The lowest BCUT2D eigenvalue weighted by molar-refractivity contribution is 0.0468. The van der Waals surface area contributed by atoms with Crippen molar-refractivity contribution in [2.24, 2.45) is 0 Å². The van der Waals surface area contributed by atoms with Crippen LogP contribution >= 0.6 is 15.9 Å². The van der Waals surface area contributed by atoms with Crippen molar-refractivity contribution in [1.82, 2.24) is 5.48 Å². The molecule has 1 aromatic rings. The molecule has 72 valence electrons. The highest BCUT2D eigenvalue weighted by Crippen LogP contribution is 2.15. The Kier molecular flexibility index (Phi) is 5.05. The van der Waals surface area contributed by atoms with Crippen LogP contribution in [0.4, 0.5) is 0 Å². The SMILES string of the molecule is CCNOCCc1ccccc1Br. The van der Waals surface area contributed by atoms with E-state index in [0.29, 0.717) is 6.61 Å². The highest BCUT2D eigenvalue weighted by molar-refractivity contribution is 9.10. The molecule has 1 aromatic carbocycles. The van der Waals surface area contributed by atoms with Crippen molar-refractivity contribution in [3.8, 4) is 0 Å². The third kappa shape index (κ3) is 3.89. The van der Waals surface area contributed by atoms with Gasteiger partial charge in [-0.05, 0) is 18.1 Å². The van der Waals surface area contributed by atoms with E-state index >= 15 is 0 Å². The fraction of sp³-hybridized carbons (Fsp3) is 0.400. The highest BCUT2D eigenvalue weighted by atomic mass is 79.9. The zero-order valence-corrected chi connectivity index (χ0v) is 9.30. The normalized spacial score (nSPS) is 10.3. The van der Waals surface area contributed by atoms with Crippen LogP contribution in [-0.4, -0.2) is 13.2 Å². The van der Waals surface area contributed by atoms with E-state index in [1.54, 1.807) is 0 Å². The molecule has 0 aliphatic rings. The maximum atomic E-state index is 5.17. The highest BCUT2D eigenvalue weighted by Gasteiger charge is 1.97. The fourth-order valence-electron chi connectivity index (χ4n) is 1.04. The molecule has 3 heteroatoms. The Labute approximate surface area is 87.4 Å².